The highest BCUT2D eigenvalue weighted by molar-refractivity contribution is 5.79. The van der Waals surface area contributed by atoms with E-state index < -0.39 is 0 Å². The van der Waals surface area contributed by atoms with Crippen molar-refractivity contribution in [3.05, 3.63) is 51.6 Å². The summed E-state index contributed by atoms with van der Waals surface area (Å²) in [6.45, 7) is 9.80. The molecule has 30 heavy (non-hydrogen) atoms. The number of aliphatic hydroxyl groups excluding tert-OH is 1. The Morgan fingerprint density at radius 3 is 2.67 bits per heavy atom. The van der Waals surface area contributed by atoms with Gasteiger partial charge in [0.1, 0.15) is 0 Å². The van der Waals surface area contributed by atoms with Crippen molar-refractivity contribution in [1.82, 2.24) is 25.2 Å². The third kappa shape index (κ3) is 3.89. The zero-order valence-electron chi connectivity index (χ0n) is 18.1. The monoisotopic (exact) mass is 411 g/mol. The van der Waals surface area contributed by atoms with Crippen LogP contribution in [0.15, 0.2) is 29.1 Å². The van der Waals surface area contributed by atoms with Crippen LogP contribution >= 0.6 is 0 Å². The van der Waals surface area contributed by atoms with Crippen LogP contribution in [0.5, 0.6) is 0 Å². The van der Waals surface area contributed by atoms with Crippen LogP contribution in [0.3, 0.4) is 0 Å². The number of H-pyrrole nitrogens is 1. The molecule has 8 heteroatoms. The lowest BCUT2D eigenvalue weighted by Crippen LogP contribution is -3.14. The van der Waals surface area contributed by atoms with E-state index in [-0.39, 0.29) is 23.2 Å². The Labute approximate surface area is 175 Å². The van der Waals surface area contributed by atoms with E-state index in [1.807, 2.05) is 22.9 Å². The highest BCUT2D eigenvalue weighted by atomic mass is 16.3. The zero-order valence-corrected chi connectivity index (χ0v) is 18.1. The van der Waals surface area contributed by atoms with Crippen LogP contribution in [0.1, 0.15) is 63.5 Å². The van der Waals surface area contributed by atoms with Crippen molar-refractivity contribution in [1.29, 1.82) is 0 Å². The van der Waals surface area contributed by atoms with E-state index in [1.165, 1.54) is 10.5 Å². The first-order chi connectivity index (χ1) is 14.3. The van der Waals surface area contributed by atoms with Crippen LogP contribution in [0.4, 0.5) is 0 Å². The fourth-order valence-electron chi connectivity index (χ4n) is 4.36. The molecule has 8 nitrogen and oxygen atoms in total. The Hall–Kier alpha value is -2.58. The maximum absolute atomic E-state index is 13.2. The third-order valence-electron chi connectivity index (χ3n) is 6.05. The molecule has 1 aromatic carbocycles. The molecular formula is C22H31N6O2+. The summed E-state index contributed by atoms with van der Waals surface area (Å²) >= 11 is 0. The molecule has 1 atom stereocenters. The molecule has 0 radical (unpaired) electrons. The number of aliphatic hydroxyl groups is 1. The summed E-state index contributed by atoms with van der Waals surface area (Å²) in [5, 5.41) is 23.6. The van der Waals surface area contributed by atoms with Crippen molar-refractivity contribution in [3.8, 4) is 0 Å². The molecule has 160 valence electrons. The molecular weight excluding hydrogens is 380 g/mol. The summed E-state index contributed by atoms with van der Waals surface area (Å²) < 4.78 is 1.82. The smallest absolute Gasteiger partial charge is 0.258 e. The van der Waals surface area contributed by atoms with Crippen LogP contribution in [-0.4, -0.2) is 49.5 Å². The number of rotatable bonds is 4. The maximum Gasteiger partial charge on any atom is 0.258 e. The number of hydrogen-bond donors (Lipinski definition) is 3. The molecule has 1 aliphatic heterocycles. The molecule has 0 spiro atoms. The summed E-state index contributed by atoms with van der Waals surface area (Å²) in [4.78, 5) is 17.5. The number of aromatic nitrogens is 5. The number of fused-ring (bicyclic) bond motifs is 1. The standard InChI is InChI=1S/C22H30N6O2/c1-5-14-6-7-18-15(12-14)13-17(21(30)23-18)19(27-10-8-16(29)9-11-27)20-24-25-26-28(20)22(2,3)4/h6-7,12-13,16,19,29H,5,8-11H2,1-4H3,(H,23,30)/p+1/t19-/m1/s1. The number of likely N-dealkylation sites (tertiary alicyclic amines) is 1. The van der Waals surface area contributed by atoms with Crippen LogP contribution in [-0.2, 0) is 12.0 Å². The molecule has 4 rings (SSSR count). The van der Waals surface area contributed by atoms with Crippen LogP contribution in [0.2, 0.25) is 0 Å². The summed E-state index contributed by atoms with van der Waals surface area (Å²) in [6, 6.07) is 7.85. The number of aryl methyl sites for hydroxylation is 1. The fourth-order valence-corrected chi connectivity index (χ4v) is 4.36. The predicted octanol–water partition coefficient (Wildman–Crippen LogP) is 0.961. The molecule has 1 saturated heterocycles. The fraction of sp³-hybridized carbons (Fsp3) is 0.545. The van der Waals surface area contributed by atoms with Crippen molar-refractivity contribution in [2.45, 2.75) is 64.6 Å². The average Bonchev–Trinajstić information content (AvgIpc) is 3.19. The number of pyridine rings is 1. The number of tetrazole rings is 1. The van der Waals surface area contributed by atoms with Crippen molar-refractivity contribution in [3.63, 3.8) is 0 Å². The van der Waals surface area contributed by atoms with Crippen LogP contribution in [0.25, 0.3) is 10.9 Å². The van der Waals surface area contributed by atoms with Gasteiger partial charge in [-0.25, -0.2) is 4.68 Å². The van der Waals surface area contributed by atoms with Gasteiger partial charge in [-0.15, -0.1) is 5.10 Å². The lowest BCUT2D eigenvalue weighted by atomic mass is 9.98. The number of quaternary nitrogens is 1. The number of hydrogen-bond acceptors (Lipinski definition) is 5. The third-order valence-corrected chi connectivity index (χ3v) is 6.05. The molecule has 1 fully saturated rings. The number of nitrogens with one attached hydrogen (secondary N) is 2. The quantitative estimate of drug-likeness (QED) is 0.594. The number of nitrogens with zero attached hydrogens (tertiary/aromatic N) is 4. The van der Waals surface area contributed by atoms with Gasteiger partial charge in [-0.1, -0.05) is 13.0 Å². The number of piperidine rings is 1. The van der Waals surface area contributed by atoms with Gasteiger partial charge < -0.3 is 15.0 Å². The minimum atomic E-state index is -0.315. The van der Waals surface area contributed by atoms with Crippen molar-refractivity contribution < 1.29 is 10.0 Å². The lowest BCUT2D eigenvalue weighted by molar-refractivity contribution is -0.932. The van der Waals surface area contributed by atoms with Gasteiger partial charge >= 0.3 is 0 Å². The first kappa shape index (κ1) is 20.7. The summed E-state index contributed by atoms with van der Waals surface area (Å²) in [6.07, 6.45) is 2.06. The highest BCUT2D eigenvalue weighted by Crippen LogP contribution is 2.23. The van der Waals surface area contributed by atoms with Crippen molar-refractivity contribution in [2.24, 2.45) is 0 Å². The van der Waals surface area contributed by atoms with E-state index >= 15 is 0 Å². The van der Waals surface area contributed by atoms with Gasteiger partial charge in [0.15, 0.2) is 6.04 Å². The molecule has 3 heterocycles. The van der Waals surface area contributed by atoms with Gasteiger partial charge in [0.2, 0.25) is 5.82 Å². The molecule has 2 aromatic heterocycles. The molecule has 1 aliphatic rings. The van der Waals surface area contributed by atoms with Gasteiger partial charge in [-0.3, -0.25) is 4.79 Å². The maximum atomic E-state index is 13.2. The predicted molar refractivity (Wildman–Crippen MR) is 115 cm³/mol. The number of aromatic amines is 1. The first-order valence-electron chi connectivity index (χ1n) is 10.7. The van der Waals surface area contributed by atoms with Gasteiger partial charge in [0.25, 0.3) is 5.56 Å². The summed E-state index contributed by atoms with van der Waals surface area (Å²) in [5.41, 5.74) is 2.30. The lowest BCUT2D eigenvalue weighted by Gasteiger charge is -2.33. The molecule has 0 saturated carbocycles. The van der Waals surface area contributed by atoms with Crippen LogP contribution < -0.4 is 10.5 Å². The van der Waals surface area contributed by atoms with Crippen molar-refractivity contribution in [2.75, 3.05) is 13.1 Å². The zero-order chi connectivity index (χ0) is 21.5. The number of benzene rings is 1. The largest absolute Gasteiger partial charge is 0.393 e. The van der Waals surface area contributed by atoms with Gasteiger partial charge in [-0.05, 0) is 66.8 Å². The van der Waals surface area contributed by atoms with Gasteiger partial charge in [-0.2, -0.15) is 0 Å². The molecule has 0 unspecified atom stereocenters. The average molecular weight is 412 g/mol. The molecule has 0 bridgehead atoms. The van der Waals surface area contributed by atoms with Crippen molar-refractivity contribution >= 4 is 10.9 Å². The van der Waals surface area contributed by atoms with Crippen LogP contribution in [0, 0.1) is 0 Å². The van der Waals surface area contributed by atoms with E-state index in [2.05, 4.69) is 54.3 Å². The second-order valence-electron chi connectivity index (χ2n) is 9.27. The van der Waals surface area contributed by atoms with E-state index in [1.54, 1.807) is 0 Å². The minimum absolute atomic E-state index is 0.112. The van der Waals surface area contributed by atoms with Gasteiger partial charge in [0.05, 0.1) is 30.3 Å². The normalized spacial score (nSPS) is 21.1. The Morgan fingerprint density at radius 1 is 1.27 bits per heavy atom. The second kappa shape index (κ2) is 7.92. The molecule has 0 amide bonds. The summed E-state index contributed by atoms with van der Waals surface area (Å²) in [7, 11) is 0. The molecule has 3 N–H and O–H groups in total. The summed E-state index contributed by atoms with van der Waals surface area (Å²) in [5.74, 6) is 0.686. The van der Waals surface area contributed by atoms with Gasteiger partial charge in [0, 0.05) is 18.4 Å². The van der Waals surface area contributed by atoms with E-state index in [4.69, 9.17) is 0 Å². The SMILES string of the molecule is CCc1ccc2[nH]c(=O)c([C@H](c3nnnn3C(C)(C)C)[NH+]3CCC(O)CC3)cc2c1. The molecule has 3 aromatic rings. The Bertz CT molecular complexity index is 1090. The Balaban J connectivity index is 1.89. The second-order valence-corrected chi connectivity index (χ2v) is 9.27. The minimum Gasteiger partial charge on any atom is -0.393 e. The first-order valence-corrected chi connectivity index (χ1v) is 10.7. The Kier molecular flexibility index (Phi) is 5.46. The van der Waals surface area contributed by atoms with E-state index in [0.717, 1.165) is 30.4 Å². The highest BCUT2D eigenvalue weighted by Gasteiger charge is 2.38. The van der Waals surface area contributed by atoms with E-state index in [9.17, 15) is 9.90 Å². The Morgan fingerprint density at radius 2 is 2.00 bits per heavy atom. The topological polar surface area (TPSA) is 101 Å². The molecule has 0 aliphatic carbocycles. The van der Waals surface area contributed by atoms with E-state index in [0.29, 0.717) is 24.2 Å².